The summed E-state index contributed by atoms with van der Waals surface area (Å²) in [5.74, 6) is 1.69. The fourth-order valence-corrected chi connectivity index (χ4v) is 9.77. The number of methoxy groups -OCH3 is 1. The zero-order valence-corrected chi connectivity index (χ0v) is 22.0. The first-order valence-corrected chi connectivity index (χ1v) is 14.1. The van der Waals surface area contributed by atoms with Gasteiger partial charge in [-0.15, -0.1) is 0 Å². The molecule has 0 radical (unpaired) electrons. The van der Waals surface area contributed by atoms with Gasteiger partial charge in [0.1, 0.15) is 11.7 Å². The lowest BCUT2D eigenvalue weighted by Crippen LogP contribution is -2.82. The van der Waals surface area contributed by atoms with E-state index in [2.05, 4.69) is 49.1 Å². The van der Waals surface area contributed by atoms with Crippen LogP contribution in [0.5, 0.6) is 11.5 Å². The van der Waals surface area contributed by atoms with E-state index in [1.807, 2.05) is 18.2 Å². The van der Waals surface area contributed by atoms with Crippen molar-refractivity contribution in [2.45, 2.75) is 75.2 Å². The first-order chi connectivity index (χ1) is 17.8. The Labute approximate surface area is 219 Å². The molecule has 5 aliphatic carbocycles. The molecule has 194 valence electrons. The van der Waals surface area contributed by atoms with E-state index in [1.54, 1.807) is 7.11 Å². The molecule has 5 nitrogen and oxygen atoms in total. The van der Waals surface area contributed by atoms with Gasteiger partial charge in [-0.2, -0.15) is 0 Å². The van der Waals surface area contributed by atoms with Crippen molar-refractivity contribution in [3.8, 4) is 11.5 Å². The summed E-state index contributed by atoms with van der Waals surface area (Å²) in [5.41, 5.74) is 2.67. The van der Waals surface area contributed by atoms with Crippen LogP contribution in [-0.2, 0) is 16.6 Å². The van der Waals surface area contributed by atoms with Crippen molar-refractivity contribution in [2.75, 3.05) is 20.2 Å². The molecule has 0 aromatic heterocycles. The predicted molar refractivity (Wildman–Crippen MR) is 141 cm³/mol. The van der Waals surface area contributed by atoms with Crippen LogP contribution in [0.4, 0.5) is 0 Å². The van der Waals surface area contributed by atoms with Crippen LogP contribution in [0.15, 0.2) is 48.6 Å². The summed E-state index contributed by atoms with van der Waals surface area (Å²) in [6.45, 7) is 6.50. The molecule has 2 N–H and O–H groups in total. The molecule has 2 aromatic carbocycles. The molecule has 1 saturated heterocycles. The second-order valence-corrected chi connectivity index (χ2v) is 13.0. The maximum absolute atomic E-state index is 12.3. The monoisotopic (exact) mass is 499 g/mol. The molecular weight excluding hydrogens is 462 g/mol. The molecule has 2 aromatic rings. The zero-order chi connectivity index (χ0) is 25.4. The maximum atomic E-state index is 12.3. The summed E-state index contributed by atoms with van der Waals surface area (Å²) < 4.78 is 13.5. The third-order valence-corrected chi connectivity index (χ3v) is 11.6. The fourth-order valence-electron chi connectivity index (χ4n) is 9.77. The molecule has 7 aliphatic rings. The van der Waals surface area contributed by atoms with Gasteiger partial charge in [0.05, 0.1) is 11.5 Å². The molecule has 2 spiro atoms. The van der Waals surface area contributed by atoms with Crippen LogP contribution >= 0.6 is 0 Å². The molecule has 0 amide bonds. The molecule has 37 heavy (non-hydrogen) atoms. The summed E-state index contributed by atoms with van der Waals surface area (Å²) >= 11 is 0. The van der Waals surface area contributed by atoms with E-state index in [-0.39, 0.29) is 22.7 Å². The highest BCUT2D eigenvalue weighted by atomic mass is 16.6. The Morgan fingerprint density at radius 2 is 1.97 bits per heavy atom. The van der Waals surface area contributed by atoms with Crippen LogP contribution < -0.4 is 4.74 Å². The highest BCUT2D eigenvalue weighted by Crippen LogP contribution is 2.78. The fraction of sp³-hybridized carbons (Fsp3) is 0.562. The van der Waals surface area contributed by atoms with Crippen molar-refractivity contribution < 1.29 is 19.7 Å². The minimum absolute atomic E-state index is 0.199. The minimum Gasteiger partial charge on any atom is -0.504 e. The number of benzene rings is 2. The van der Waals surface area contributed by atoms with E-state index < -0.39 is 17.1 Å². The van der Waals surface area contributed by atoms with Gasteiger partial charge < -0.3 is 19.7 Å². The quantitative estimate of drug-likeness (QED) is 0.578. The van der Waals surface area contributed by atoms with Gasteiger partial charge in [0.2, 0.25) is 0 Å². The van der Waals surface area contributed by atoms with Gasteiger partial charge in [-0.3, -0.25) is 4.90 Å². The lowest BCUT2D eigenvalue weighted by molar-refractivity contribution is -0.270. The predicted octanol–water partition coefficient (Wildman–Crippen LogP) is 4.82. The van der Waals surface area contributed by atoms with E-state index in [9.17, 15) is 10.2 Å². The van der Waals surface area contributed by atoms with Crippen molar-refractivity contribution in [3.63, 3.8) is 0 Å². The average Bonchev–Trinajstić information content (AvgIpc) is 3.64. The van der Waals surface area contributed by atoms with Crippen molar-refractivity contribution in [3.05, 3.63) is 70.8 Å². The zero-order valence-electron chi connectivity index (χ0n) is 22.0. The Morgan fingerprint density at radius 3 is 2.73 bits per heavy atom. The number of hydrogen-bond donors (Lipinski definition) is 2. The minimum atomic E-state index is -0.834. The highest BCUT2D eigenvalue weighted by Gasteiger charge is 2.82. The molecule has 4 bridgehead atoms. The molecule has 2 heterocycles. The normalized spacial score (nSPS) is 41.4. The number of rotatable bonds is 5. The number of nitrogens with zero attached hydrogens (tertiary/aromatic N) is 1. The lowest BCUT2D eigenvalue weighted by atomic mass is 9.33. The molecule has 5 heteroatoms. The molecule has 3 fully saturated rings. The molecule has 7 atom stereocenters. The Morgan fingerprint density at radius 1 is 1.16 bits per heavy atom. The first-order valence-electron chi connectivity index (χ1n) is 14.1. The number of phenols is 1. The number of piperidine rings is 1. The van der Waals surface area contributed by atoms with Crippen molar-refractivity contribution in [2.24, 2.45) is 16.7 Å². The number of fused-ring (bicyclic) bond motifs is 1. The van der Waals surface area contributed by atoms with E-state index >= 15 is 0 Å². The average molecular weight is 500 g/mol. The van der Waals surface area contributed by atoms with Crippen LogP contribution in [0.3, 0.4) is 0 Å². The topological polar surface area (TPSA) is 62.2 Å². The van der Waals surface area contributed by atoms with E-state index in [0.717, 1.165) is 49.4 Å². The van der Waals surface area contributed by atoms with Gasteiger partial charge in [0, 0.05) is 36.1 Å². The lowest BCUT2D eigenvalue weighted by Gasteiger charge is -2.74. The number of likely N-dealkylation sites (tertiary alicyclic amines) is 1. The van der Waals surface area contributed by atoms with Gasteiger partial charge >= 0.3 is 0 Å². The van der Waals surface area contributed by atoms with Crippen LogP contribution in [0.2, 0.25) is 0 Å². The molecule has 2 aliphatic heterocycles. The smallest absolute Gasteiger partial charge is 0.165 e. The number of ether oxygens (including phenoxy) is 2. The Balaban J connectivity index is 1.38. The molecule has 0 unspecified atom stereocenters. The van der Waals surface area contributed by atoms with Gasteiger partial charge in [0.25, 0.3) is 0 Å². The largest absolute Gasteiger partial charge is 0.504 e. The maximum Gasteiger partial charge on any atom is 0.165 e. The number of hydrogen-bond acceptors (Lipinski definition) is 5. The third kappa shape index (κ3) is 2.40. The van der Waals surface area contributed by atoms with Crippen LogP contribution in [-0.4, -0.2) is 53.1 Å². The Kier molecular flexibility index (Phi) is 4.28. The molecule has 2 saturated carbocycles. The van der Waals surface area contributed by atoms with Crippen molar-refractivity contribution >= 4 is 0 Å². The number of aryl methyl sites for hydroxylation is 1. The van der Waals surface area contributed by atoms with Gasteiger partial charge in [0.15, 0.2) is 11.5 Å². The summed E-state index contributed by atoms with van der Waals surface area (Å²) in [4.78, 5) is 2.77. The second kappa shape index (κ2) is 6.99. The number of aromatic hydroxyl groups is 1. The van der Waals surface area contributed by atoms with Gasteiger partial charge in [-0.1, -0.05) is 49.4 Å². The standard InChI is InChI=1S/C32H37NO4/c1-19-6-4-5-7-22(19)27(35)29(2)18-30-12-13-32(29,36-3)28-31(30)14-15-33(17-20-8-9-20)24(30)16-21-10-11-23(34)26(37-28)25(21)31/h4-7,10-13,20,24,27-28,34-35H,8-9,14-18H2,1-3H3/t24-,27-,28-,29-,30-,31+,32+/m1/s1. The van der Waals surface area contributed by atoms with E-state index in [1.165, 1.54) is 24.0 Å². The number of aliphatic hydroxyl groups is 1. The highest BCUT2D eigenvalue weighted by molar-refractivity contribution is 5.65. The summed E-state index contributed by atoms with van der Waals surface area (Å²) in [6, 6.07) is 12.5. The van der Waals surface area contributed by atoms with Crippen LogP contribution in [0.25, 0.3) is 0 Å². The first kappa shape index (κ1) is 22.6. The van der Waals surface area contributed by atoms with Crippen LogP contribution in [0, 0.1) is 23.7 Å². The van der Waals surface area contributed by atoms with Gasteiger partial charge in [-0.05, 0) is 74.2 Å². The molecular formula is C32H37NO4. The summed E-state index contributed by atoms with van der Waals surface area (Å²) in [5, 5.41) is 23.3. The van der Waals surface area contributed by atoms with E-state index in [0.29, 0.717) is 11.8 Å². The third-order valence-electron chi connectivity index (χ3n) is 11.6. The number of phenolic OH excluding ortho intramolecular Hbond substituents is 1. The van der Waals surface area contributed by atoms with E-state index in [4.69, 9.17) is 9.47 Å². The SMILES string of the molecule is CO[C@]12C=C[C@@]3(C[C@]1(C)[C@H](O)c1ccccc1C)[C@H]1Cc4ccc(O)c5c4[C@@]3(CCN1CC1CC1)[C@H]2O5. The van der Waals surface area contributed by atoms with Crippen LogP contribution in [0.1, 0.15) is 61.0 Å². The van der Waals surface area contributed by atoms with Crippen molar-refractivity contribution in [1.82, 2.24) is 4.90 Å². The van der Waals surface area contributed by atoms with Gasteiger partial charge in [-0.25, -0.2) is 0 Å². The molecule has 9 rings (SSSR count). The summed E-state index contributed by atoms with van der Waals surface area (Å²) in [6.07, 6.45) is 9.14. The Bertz CT molecular complexity index is 1350. The summed E-state index contributed by atoms with van der Waals surface area (Å²) in [7, 11) is 1.78. The second-order valence-electron chi connectivity index (χ2n) is 13.0. The van der Waals surface area contributed by atoms with Crippen molar-refractivity contribution in [1.29, 1.82) is 0 Å². The number of aliphatic hydroxyl groups excluding tert-OH is 1. The Hall–Kier alpha value is -2.34.